The zero-order valence-corrected chi connectivity index (χ0v) is 39.9. The van der Waals surface area contributed by atoms with Gasteiger partial charge in [0.15, 0.2) is 11.6 Å². The van der Waals surface area contributed by atoms with Crippen LogP contribution in [0.15, 0.2) is 36.4 Å². The molecule has 0 aliphatic carbocycles. The standard InChI is InChI=1S/C26H46N6.C18H30N6.C4H8O/c1-6-10-16-30(17-11-7-2)20-21-32-26(27-28-29-32)24-14-15-25(23(5)22-24)31(18-12-8-3)19-13-9-4;1-4-6-10-23(11-7-5-2)12-13-24-18(20-21-22-24)16-8-9-17(19)15(3)14-16;1-2-3-4-5/h14-15,22H,6-13,16-21H2,1-5H3;8-9,14H,4-7,10-13,19H2,1-3H3;4H,2-3H2,1H3. The van der Waals surface area contributed by atoms with Gasteiger partial charge >= 0.3 is 0 Å². The number of nitrogens with two attached hydrogens (primary N) is 1. The van der Waals surface area contributed by atoms with E-state index in [0.29, 0.717) is 6.42 Å². The highest BCUT2D eigenvalue weighted by molar-refractivity contribution is 5.64. The summed E-state index contributed by atoms with van der Waals surface area (Å²) in [5.74, 6) is 1.68. The Labute approximate surface area is 370 Å². The van der Waals surface area contributed by atoms with Crippen molar-refractivity contribution >= 4 is 17.7 Å². The number of anilines is 2. The van der Waals surface area contributed by atoms with E-state index in [1.54, 1.807) is 0 Å². The van der Waals surface area contributed by atoms with E-state index in [-0.39, 0.29) is 0 Å². The zero-order valence-electron chi connectivity index (χ0n) is 39.9. The second kappa shape index (κ2) is 32.5. The Morgan fingerprint density at radius 2 is 0.951 bits per heavy atom. The molecule has 0 atom stereocenters. The van der Waals surface area contributed by atoms with Crippen molar-refractivity contribution in [3.8, 4) is 22.8 Å². The van der Waals surface area contributed by atoms with Gasteiger partial charge in [-0.05, 0) is 153 Å². The molecule has 2 heterocycles. The second-order valence-electron chi connectivity index (χ2n) is 16.3. The average molecular weight is 845 g/mol. The van der Waals surface area contributed by atoms with E-state index in [2.05, 4.69) is 112 Å². The maximum atomic E-state index is 9.40. The Hall–Kier alpha value is -4.23. The van der Waals surface area contributed by atoms with E-state index in [1.807, 2.05) is 41.4 Å². The molecule has 0 fully saturated rings. The van der Waals surface area contributed by atoms with Crippen LogP contribution in [0.1, 0.15) is 149 Å². The molecule has 13 heteroatoms. The van der Waals surface area contributed by atoms with Crippen LogP contribution >= 0.6 is 0 Å². The maximum absolute atomic E-state index is 9.40. The number of aldehydes is 1. The highest BCUT2D eigenvalue weighted by Crippen LogP contribution is 2.27. The molecule has 0 radical (unpaired) electrons. The van der Waals surface area contributed by atoms with Crippen molar-refractivity contribution in [3.63, 3.8) is 0 Å². The quantitative estimate of drug-likeness (QED) is 0.0413. The van der Waals surface area contributed by atoms with E-state index in [0.717, 1.165) is 112 Å². The summed E-state index contributed by atoms with van der Waals surface area (Å²) in [4.78, 5) is 17.0. The first-order valence-electron chi connectivity index (χ1n) is 23.8. The van der Waals surface area contributed by atoms with Gasteiger partial charge < -0.3 is 25.2 Å². The summed E-state index contributed by atoms with van der Waals surface area (Å²) in [5, 5.41) is 24.9. The third-order valence-electron chi connectivity index (χ3n) is 10.9. The fourth-order valence-electron chi connectivity index (χ4n) is 6.93. The number of carbonyl (C=O) groups is 1. The molecule has 13 nitrogen and oxygen atoms in total. The first-order valence-corrected chi connectivity index (χ1v) is 23.8. The fourth-order valence-corrected chi connectivity index (χ4v) is 6.93. The zero-order chi connectivity index (χ0) is 44.7. The van der Waals surface area contributed by atoms with E-state index in [9.17, 15) is 4.79 Å². The maximum Gasteiger partial charge on any atom is 0.182 e. The third kappa shape index (κ3) is 20.0. The SMILES string of the molecule is CCCC=O.CCCCN(CCCC)CCn1nnnc1-c1ccc(N(CCCC)CCCC)c(C)c1.CCCCN(CCCC)CCn1nnnc1-c1ccc(N)c(C)c1. The number of aryl methyl sites for hydroxylation is 2. The first-order chi connectivity index (χ1) is 29.7. The van der Waals surface area contributed by atoms with Crippen molar-refractivity contribution in [3.05, 3.63) is 47.5 Å². The summed E-state index contributed by atoms with van der Waals surface area (Å²) in [7, 11) is 0. The molecule has 0 aliphatic heterocycles. The summed E-state index contributed by atoms with van der Waals surface area (Å²) >= 11 is 0. The van der Waals surface area contributed by atoms with E-state index < -0.39 is 0 Å². The largest absolute Gasteiger partial charge is 0.399 e. The van der Waals surface area contributed by atoms with Gasteiger partial charge in [0, 0.05) is 55.1 Å². The molecule has 0 unspecified atom stereocenters. The predicted molar refractivity (Wildman–Crippen MR) is 256 cm³/mol. The smallest absolute Gasteiger partial charge is 0.182 e. The molecule has 2 N–H and O–H groups in total. The molecule has 61 heavy (non-hydrogen) atoms. The molecule has 4 aromatic rings. The lowest BCUT2D eigenvalue weighted by atomic mass is 10.1. The highest BCUT2D eigenvalue weighted by Gasteiger charge is 2.15. The van der Waals surface area contributed by atoms with E-state index >= 15 is 0 Å². The molecule has 0 amide bonds. The van der Waals surface area contributed by atoms with Crippen LogP contribution in [-0.2, 0) is 17.9 Å². The minimum atomic E-state index is 0.708. The van der Waals surface area contributed by atoms with E-state index in [1.165, 1.54) is 88.3 Å². The van der Waals surface area contributed by atoms with Crippen LogP contribution in [-0.4, -0.2) is 109 Å². The van der Waals surface area contributed by atoms with Crippen LogP contribution in [0.25, 0.3) is 22.8 Å². The van der Waals surface area contributed by atoms with Gasteiger partial charge in [0.05, 0.1) is 13.1 Å². The molecular formula is C48H84N12O. The number of aromatic nitrogens is 8. The van der Waals surface area contributed by atoms with Gasteiger partial charge in [0.25, 0.3) is 0 Å². The Morgan fingerprint density at radius 1 is 0.541 bits per heavy atom. The van der Waals surface area contributed by atoms with Crippen LogP contribution < -0.4 is 10.6 Å². The fraction of sp³-hybridized carbons (Fsp3) is 0.688. The van der Waals surface area contributed by atoms with Crippen LogP contribution in [0, 0.1) is 13.8 Å². The lowest BCUT2D eigenvalue weighted by Crippen LogP contribution is -2.30. The lowest BCUT2D eigenvalue weighted by molar-refractivity contribution is -0.107. The summed E-state index contributed by atoms with van der Waals surface area (Å²) in [5.41, 5.74) is 12.5. The number of benzene rings is 2. The molecule has 342 valence electrons. The molecule has 0 bridgehead atoms. The molecule has 0 saturated heterocycles. The number of nitrogens with zero attached hydrogens (tertiary/aromatic N) is 11. The Balaban J connectivity index is 0.000000390. The highest BCUT2D eigenvalue weighted by atomic mass is 16.1. The summed E-state index contributed by atoms with van der Waals surface area (Å²) in [6.45, 7) is 30.2. The molecule has 0 saturated carbocycles. The number of unbranched alkanes of at least 4 members (excludes halogenated alkanes) is 7. The second-order valence-corrected chi connectivity index (χ2v) is 16.3. The molecule has 2 aromatic carbocycles. The Kier molecular flexibility index (Phi) is 28.2. The Morgan fingerprint density at radius 3 is 1.31 bits per heavy atom. The van der Waals surface area contributed by atoms with E-state index in [4.69, 9.17) is 5.73 Å². The molecule has 0 aliphatic rings. The number of rotatable bonds is 29. The summed E-state index contributed by atoms with van der Waals surface area (Å²) < 4.78 is 3.88. The van der Waals surface area contributed by atoms with Crippen LogP contribution in [0.2, 0.25) is 0 Å². The topological polar surface area (TPSA) is 140 Å². The van der Waals surface area contributed by atoms with Gasteiger partial charge in [-0.15, -0.1) is 10.2 Å². The number of nitrogen functional groups attached to an aromatic ring is 1. The number of hydrogen-bond acceptors (Lipinski definition) is 11. The van der Waals surface area contributed by atoms with Crippen molar-refractivity contribution in [2.24, 2.45) is 0 Å². The predicted octanol–water partition coefficient (Wildman–Crippen LogP) is 10.1. The monoisotopic (exact) mass is 845 g/mol. The number of hydrogen-bond donors (Lipinski definition) is 1. The minimum absolute atomic E-state index is 0.708. The third-order valence-corrected chi connectivity index (χ3v) is 10.9. The molecular weight excluding hydrogens is 761 g/mol. The Bertz CT molecular complexity index is 1680. The minimum Gasteiger partial charge on any atom is -0.399 e. The van der Waals surface area contributed by atoms with Gasteiger partial charge in [-0.2, -0.15) is 0 Å². The van der Waals surface area contributed by atoms with Crippen molar-refractivity contribution in [2.45, 2.75) is 165 Å². The van der Waals surface area contributed by atoms with Gasteiger partial charge in [0.2, 0.25) is 0 Å². The number of tetrazole rings is 2. The van der Waals surface area contributed by atoms with Crippen LogP contribution in [0.5, 0.6) is 0 Å². The van der Waals surface area contributed by atoms with Crippen LogP contribution in [0.4, 0.5) is 11.4 Å². The summed E-state index contributed by atoms with van der Waals surface area (Å²) in [6.07, 6.45) is 17.4. The van der Waals surface area contributed by atoms with Crippen molar-refractivity contribution in [1.82, 2.24) is 50.2 Å². The van der Waals surface area contributed by atoms with Gasteiger partial charge in [0.1, 0.15) is 6.29 Å². The summed E-state index contributed by atoms with van der Waals surface area (Å²) in [6, 6.07) is 12.7. The van der Waals surface area contributed by atoms with Crippen molar-refractivity contribution < 1.29 is 4.79 Å². The normalized spacial score (nSPS) is 11.1. The molecule has 4 rings (SSSR count). The average Bonchev–Trinajstić information content (AvgIpc) is 3.95. The van der Waals surface area contributed by atoms with Crippen molar-refractivity contribution in [1.29, 1.82) is 0 Å². The lowest BCUT2D eigenvalue weighted by Gasteiger charge is -2.26. The molecule has 0 spiro atoms. The van der Waals surface area contributed by atoms with Gasteiger partial charge in [-0.25, -0.2) is 9.36 Å². The van der Waals surface area contributed by atoms with Gasteiger partial charge in [-0.1, -0.05) is 87.0 Å². The van der Waals surface area contributed by atoms with Crippen molar-refractivity contribution in [2.75, 3.05) is 63.0 Å². The molecule has 2 aromatic heterocycles. The van der Waals surface area contributed by atoms with Gasteiger partial charge in [-0.3, -0.25) is 0 Å². The number of carbonyl (C=O) groups excluding carboxylic acids is 1. The van der Waals surface area contributed by atoms with Crippen LogP contribution in [0.3, 0.4) is 0 Å². The first kappa shape index (κ1) is 52.9.